The van der Waals surface area contributed by atoms with E-state index in [1.807, 2.05) is 42.2 Å². The third kappa shape index (κ3) is 4.73. The van der Waals surface area contributed by atoms with Crippen LogP contribution in [0, 0.1) is 0 Å². The van der Waals surface area contributed by atoms with Crippen molar-refractivity contribution in [2.75, 3.05) is 39.3 Å². The number of amides is 1. The lowest BCUT2D eigenvalue weighted by atomic mass is 9.97. The molecule has 5 heteroatoms. The Hall–Kier alpha value is -2.89. The van der Waals surface area contributed by atoms with E-state index in [1.54, 1.807) is 6.07 Å². The third-order valence-corrected chi connectivity index (χ3v) is 6.17. The second-order valence-electron chi connectivity index (χ2n) is 8.18. The van der Waals surface area contributed by atoms with Gasteiger partial charge in [0, 0.05) is 44.9 Å². The fraction of sp³-hybridized carbons (Fsp3) is 0.346. The Labute approximate surface area is 183 Å². The largest absolute Gasteiger partial charge is 0.508 e. The molecule has 0 aromatic heterocycles. The Morgan fingerprint density at radius 2 is 1.58 bits per heavy atom. The standard InChI is InChI=1S/C26H30N2O3/c1-2-19-16-23(8-9-25(19)30)20-4-5-22-18-24(7-6-21(22)17-20)26(31)28-13-11-27(12-14-28)10-3-15-29/h4-9,16-18,29-30H,2-3,10-15H2,1H3. The van der Waals surface area contributed by atoms with Crippen LogP contribution in [0.5, 0.6) is 5.75 Å². The zero-order chi connectivity index (χ0) is 21.8. The van der Waals surface area contributed by atoms with Crippen molar-refractivity contribution in [1.82, 2.24) is 9.80 Å². The van der Waals surface area contributed by atoms with Crippen LogP contribution in [0.1, 0.15) is 29.3 Å². The van der Waals surface area contributed by atoms with Gasteiger partial charge in [-0.15, -0.1) is 0 Å². The molecule has 5 nitrogen and oxygen atoms in total. The van der Waals surface area contributed by atoms with Crippen molar-refractivity contribution in [3.63, 3.8) is 0 Å². The summed E-state index contributed by atoms with van der Waals surface area (Å²) >= 11 is 0. The lowest BCUT2D eigenvalue weighted by Crippen LogP contribution is -2.48. The number of hydrogen-bond donors (Lipinski definition) is 2. The van der Waals surface area contributed by atoms with Crippen LogP contribution in [0.15, 0.2) is 54.6 Å². The minimum Gasteiger partial charge on any atom is -0.508 e. The molecule has 2 N–H and O–H groups in total. The van der Waals surface area contributed by atoms with Crippen LogP contribution in [-0.2, 0) is 6.42 Å². The smallest absolute Gasteiger partial charge is 0.253 e. The van der Waals surface area contributed by atoms with Gasteiger partial charge in [-0.1, -0.05) is 31.2 Å². The summed E-state index contributed by atoms with van der Waals surface area (Å²) in [6.07, 6.45) is 1.57. The molecule has 162 valence electrons. The van der Waals surface area contributed by atoms with Crippen molar-refractivity contribution in [3.8, 4) is 16.9 Å². The van der Waals surface area contributed by atoms with Gasteiger partial charge >= 0.3 is 0 Å². The quantitative estimate of drug-likeness (QED) is 0.637. The summed E-state index contributed by atoms with van der Waals surface area (Å²) in [5.74, 6) is 0.420. The summed E-state index contributed by atoms with van der Waals surface area (Å²) in [5, 5.41) is 21.1. The van der Waals surface area contributed by atoms with Crippen molar-refractivity contribution in [2.45, 2.75) is 19.8 Å². The van der Waals surface area contributed by atoms with Gasteiger partial charge in [-0.05, 0) is 70.6 Å². The summed E-state index contributed by atoms with van der Waals surface area (Å²) in [5.41, 5.74) is 3.84. The zero-order valence-corrected chi connectivity index (χ0v) is 18.1. The molecule has 0 unspecified atom stereocenters. The van der Waals surface area contributed by atoms with Crippen LogP contribution >= 0.6 is 0 Å². The Kier molecular flexibility index (Phi) is 6.54. The molecule has 0 spiro atoms. The molecule has 0 bridgehead atoms. The number of carbonyl (C=O) groups excluding carboxylic acids is 1. The maximum atomic E-state index is 13.0. The first-order valence-corrected chi connectivity index (χ1v) is 11.1. The highest BCUT2D eigenvalue weighted by Gasteiger charge is 2.22. The van der Waals surface area contributed by atoms with Gasteiger partial charge in [0.1, 0.15) is 5.75 Å². The van der Waals surface area contributed by atoms with Crippen molar-refractivity contribution >= 4 is 16.7 Å². The predicted molar refractivity (Wildman–Crippen MR) is 124 cm³/mol. The van der Waals surface area contributed by atoms with Gasteiger partial charge in [0.15, 0.2) is 0 Å². The SMILES string of the molecule is CCc1cc(-c2ccc3cc(C(=O)N4CCN(CCCO)CC4)ccc3c2)ccc1O. The number of rotatable bonds is 6. The van der Waals surface area contributed by atoms with Gasteiger partial charge in [0.05, 0.1) is 0 Å². The molecule has 0 saturated carbocycles. The van der Waals surface area contributed by atoms with Crippen molar-refractivity contribution in [2.24, 2.45) is 0 Å². The number of aryl methyl sites for hydroxylation is 1. The predicted octanol–water partition coefficient (Wildman–Crippen LogP) is 3.92. The fourth-order valence-corrected chi connectivity index (χ4v) is 4.26. The third-order valence-electron chi connectivity index (χ3n) is 6.17. The molecule has 0 atom stereocenters. The summed E-state index contributed by atoms with van der Waals surface area (Å²) in [6.45, 7) is 6.29. The van der Waals surface area contributed by atoms with E-state index in [0.717, 1.165) is 78.6 Å². The van der Waals surface area contributed by atoms with E-state index in [1.165, 1.54) is 0 Å². The number of phenolic OH excluding ortho intramolecular Hbond substituents is 1. The van der Waals surface area contributed by atoms with Crippen molar-refractivity contribution < 1.29 is 15.0 Å². The summed E-state index contributed by atoms with van der Waals surface area (Å²) in [6, 6.07) is 17.9. The number of nitrogens with zero attached hydrogens (tertiary/aromatic N) is 2. The Balaban J connectivity index is 1.50. The van der Waals surface area contributed by atoms with Crippen LogP contribution in [-0.4, -0.2) is 65.3 Å². The van der Waals surface area contributed by atoms with Gasteiger partial charge in [-0.2, -0.15) is 0 Å². The number of benzene rings is 3. The lowest BCUT2D eigenvalue weighted by Gasteiger charge is -2.34. The molecule has 3 aromatic carbocycles. The number of piperazine rings is 1. The highest BCUT2D eigenvalue weighted by molar-refractivity contribution is 5.99. The van der Waals surface area contributed by atoms with Crippen LogP contribution < -0.4 is 0 Å². The zero-order valence-electron chi connectivity index (χ0n) is 18.1. The van der Waals surface area contributed by atoms with Gasteiger partial charge < -0.3 is 15.1 Å². The monoisotopic (exact) mass is 418 g/mol. The van der Waals surface area contributed by atoms with Gasteiger partial charge in [0.25, 0.3) is 5.91 Å². The topological polar surface area (TPSA) is 64.0 Å². The van der Waals surface area contributed by atoms with Crippen molar-refractivity contribution in [1.29, 1.82) is 0 Å². The molecule has 0 radical (unpaired) electrons. The van der Waals surface area contributed by atoms with Crippen LogP contribution in [0.3, 0.4) is 0 Å². The first-order chi connectivity index (χ1) is 15.1. The van der Waals surface area contributed by atoms with Gasteiger partial charge in [-0.25, -0.2) is 0 Å². The molecule has 1 saturated heterocycles. The first-order valence-electron chi connectivity index (χ1n) is 11.1. The van der Waals surface area contributed by atoms with E-state index in [4.69, 9.17) is 5.11 Å². The normalized spacial score (nSPS) is 14.8. The summed E-state index contributed by atoms with van der Waals surface area (Å²) < 4.78 is 0. The summed E-state index contributed by atoms with van der Waals surface area (Å²) in [7, 11) is 0. The molecule has 0 aliphatic carbocycles. The molecule has 1 aliphatic rings. The highest BCUT2D eigenvalue weighted by atomic mass is 16.3. The maximum absolute atomic E-state index is 13.0. The number of fused-ring (bicyclic) bond motifs is 1. The van der Waals surface area contributed by atoms with E-state index < -0.39 is 0 Å². The molecule has 3 aromatic rings. The number of aromatic hydroxyl groups is 1. The summed E-state index contributed by atoms with van der Waals surface area (Å²) in [4.78, 5) is 17.2. The molecule has 1 fully saturated rings. The van der Waals surface area contributed by atoms with Crippen LogP contribution in [0.2, 0.25) is 0 Å². The van der Waals surface area contributed by atoms with Gasteiger partial charge in [-0.3, -0.25) is 9.69 Å². The molecular formula is C26H30N2O3. The molecule has 1 heterocycles. The number of aliphatic hydroxyl groups excluding tert-OH is 1. The number of aliphatic hydroxyl groups is 1. The average Bonchev–Trinajstić information content (AvgIpc) is 2.82. The highest BCUT2D eigenvalue weighted by Crippen LogP contribution is 2.29. The fourth-order valence-electron chi connectivity index (χ4n) is 4.26. The average molecular weight is 419 g/mol. The molecule has 4 rings (SSSR count). The Morgan fingerprint density at radius 3 is 2.32 bits per heavy atom. The van der Waals surface area contributed by atoms with E-state index in [-0.39, 0.29) is 12.5 Å². The van der Waals surface area contributed by atoms with E-state index >= 15 is 0 Å². The molecular weight excluding hydrogens is 388 g/mol. The minimum atomic E-state index is 0.0823. The molecule has 1 aliphatic heterocycles. The van der Waals surface area contributed by atoms with Crippen LogP contribution in [0.4, 0.5) is 0 Å². The van der Waals surface area contributed by atoms with E-state index in [9.17, 15) is 9.90 Å². The second-order valence-corrected chi connectivity index (χ2v) is 8.18. The maximum Gasteiger partial charge on any atom is 0.253 e. The molecule has 31 heavy (non-hydrogen) atoms. The van der Waals surface area contributed by atoms with E-state index in [2.05, 4.69) is 23.1 Å². The Morgan fingerprint density at radius 1 is 0.903 bits per heavy atom. The first kappa shape index (κ1) is 21.3. The second kappa shape index (κ2) is 9.50. The lowest BCUT2D eigenvalue weighted by molar-refractivity contribution is 0.0629. The Bertz CT molecular complexity index is 1070. The van der Waals surface area contributed by atoms with Crippen LogP contribution in [0.25, 0.3) is 21.9 Å². The number of carbonyl (C=O) groups is 1. The number of phenols is 1. The van der Waals surface area contributed by atoms with Crippen molar-refractivity contribution in [3.05, 3.63) is 65.7 Å². The number of hydrogen-bond acceptors (Lipinski definition) is 4. The molecule has 1 amide bonds. The van der Waals surface area contributed by atoms with Gasteiger partial charge in [0.2, 0.25) is 0 Å². The van der Waals surface area contributed by atoms with E-state index in [0.29, 0.717) is 5.75 Å². The minimum absolute atomic E-state index is 0.0823.